The van der Waals surface area contributed by atoms with Crippen LogP contribution in [-0.2, 0) is 6.54 Å². The van der Waals surface area contributed by atoms with E-state index >= 15 is 0 Å². The summed E-state index contributed by atoms with van der Waals surface area (Å²) in [6.07, 6.45) is 5.66. The van der Waals surface area contributed by atoms with Gasteiger partial charge in [0.05, 0.1) is 11.3 Å². The molecule has 1 aromatic rings. The fraction of sp³-hybridized carbons (Fsp3) is 0.667. The molecule has 2 rings (SSSR count). The van der Waals surface area contributed by atoms with E-state index in [4.69, 9.17) is 5.73 Å². The first kappa shape index (κ1) is 12.3. The van der Waals surface area contributed by atoms with Crippen LogP contribution in [0.5, 0.6) is 0 Å². The summed E-state index contributed by atoms with van der Waals surface area (Å²) >= 11 is 0. The van der Waals surface area contributed by atoms with Crippen molar-refractivity contribution >= 4 is 5.95 Å². The Morgan fingerprint density at radius 1 is 1.47 bits per heavy atom. The fourth-order valence-electron chi connectivity index (χ4n) is 2.39. The molecule has 1 aliphatic carbocycles. The predicted octanol–water partition coefficient (Wildman–Crippen LogP) is 0.677. The zero-order valence-electron chi connectivity index (χ0n) is 10.3. The topological polar surface area (TPSA) is 75.3 Å². The number of nitrogens with two attached hydrogens (primary N) is 1. The molecule has 0 saturated heterocycles. The van der Waals surface area contributed by atoms with Gasteiger partial charge in [-0.15, -0.1) is 0 Å². The number of likely N-dealkylation sites (N-methyl/N-ethyl adjacent to an activating group) is 1. The van der Waals surface area contributed by atoms with Crippen molar-refractivity contribution < 1.29 is 5.11 Å². The van der Waals surface area contributed by atoms with E-state index in [0.717, 1.165) is 31.4 Å². The van der Waals surface area contributed by atoms with Crippen LogP contribution in [0, 0.1) is 0 Å². The zero-order chi connectivity index (χ0) is 12.3. The summed E-state index contributed by atoms with van der Waals surface area (Å²) in [7, 11) is 1.91. The minimum atomic E-state index is -0.573. The summed E-state index contributed by atoms with van der Waals surface area (Å²) in [5.74, 6) is 0.633. The first-order valence-electron chi connectivity index (χ1n) is 6.08. The third kappa shape index (κ3) is 2.92. The van der Waals surface area contributed by atoms with Crippen LogP contribution in [0.1, 0.15) is 31.4 Å². The molecule has 0 unspecified atom stereocenters. The van der Waals surface area contributed by atoms with E-state index in [1.807, 2.05) is 18.0 Å². The summed E-state index contributed by atoms with van der Waals surface area (Å²) in [4.78, 5) is 10.5. The largest absolute Gasteiger partial charge is 0.388 e. The quantitative estimate of drug-likeness (QED) is 0.804. The molecular weight excluding hydrogens is 216 g/mol. The summed E-state index contributed by atoms with van der Waals surface area (Å²) in [5, 5.41) is 10.3. The van der Waals surface area contributed by atoms with Gasteiger partial charge in [-0.2, -0.15) is 0 Å². The van der Waals surface area contributed by atoms with Gasteiger partial charge in [0.1, 0.15) is 0 Å². The number of hydrogen-bond acceptors (Lipinski definition) is 5. The maximum Gasteiger partial charge on any atom is 0.225 e. The Morgan fingerprint density at radius 3 is 2.82 bits per heavy atom. The van der Waals surface area contributed by atoms with Gasteiger partial charge in [0.15, 0.2) is 0 Å². The molecule has 0 atom stereocenters. The van der Waals surface area contributed by atoms with Crippen LogP contribution in [0.2, 0.25) is 0 Å². The molecule has 0 aromatic carbocycles. The predicted molar refractivity (Wildman–Crippen MR) is 66.6 cm³/mol. The first-order chi connectivity index (χ1) is 8.13. The van der Waals surface area contributed by atoms with Crippen molar-refractivity contribution in [2.45, 2.75) is 37.8 Å². The fourth-order valence-corrected chi connectivity index (χ4v) is 2.39. The Kier molecular flexibility index (Phi) is 3.59. The van der Waals surface area contributed by atoms with E-state index in [1.165, 1.54) is 0 Å². The Balaban J connectivity index is 2.05. The van der Waals surface area contributed by atoms with Crippen molar-refractivity contribution in [2.75, 3.05) is 18.5 Å². The van der Waals surface area contributed by atoms with Crippen LogP contribution >= 0.6 is 0 Å². The summed E-state index contributed by atoms with van der Waals surface area (Å²) in [6, 6.07) is 1.81. The third-order valence-corrected chi connectivity index (χ3v) is 3.32. The molecule has 1 saturated carbocycles. The van der Waals surface area contributed by atoms with Crippen LogP contribution in [0.4, 0.5) is 5.95 Å². The number of hydrogen-bond donors (Lipinski definition) is 2. The van der Waals surface area contributed by atoms with E-state index in [0.29, 0.717) is 19.0 Å². The molecule has 0 aliphatic heterocycles. The molecule has 1 fully saturated rings. The normalized spacial score (nSPS) is 18.3. The summed E-state index contributed by atoms with van der Waals surface area (Å²) in [6.45, 7) is 0.995. The van der Waals surface area contributed by atoms with Gasteiger partial charge in [-0.1, -0.05) is 12.8 Å². The number of anilines is 1. The second kappa shape index (κ2) is 4.98. The maximum absolute atomic E-state index is 10.3. The van der Waals surface area contributed by atoms with E-state index in [9.17, 15) is 5.11 Å². The van der Waals surface area contributed by atoms with E-state index in [2.05, 4.69) is 9.97 Å². The Bertz CT molecular complexity index is 377. The van der Waals surface area contributed by atoms with Crippen molar-refractivity contribution in [1.82, 2.24) is 9.97 Å². The van der Waals surface area contributed by atoms with E-state index < -0.39 is 5.60 Å². The van der Waals surface area contributed by atoms with Gasteiger partial charge < -0.3 is 15.7 Å². The lowest BCUT2D eigenvalue weighted by Crippen LogP contribution is -2.40. The lowest BCUT2D eigenvalue weighted by atomic mass is 10.0. The highest BCUT2D eigenvalue weighted by Gasteiger charge is 2.32. The minimum Gasteiger partial charge on any atom is -0.388 e. The molecule has 0 spiro atoms. The van der Waals surface area contributed by atoms with Crippen LogP contribution < -0.4 is 10.6 Å². The number of rotatable bonds is 4. The molecule has 0 amide bonds. The highest BCUT2D eigenvalue weighted by Crippen LogP contribution is 2.30. The second-order valence-electron chi connectivity index (χ2n) is 4.84. The molecule has 0 radical (unpaired) electrons. The molecule has 94 valence electrons. The Labute approximate surface area is 102 Å². The van der Waals surface area contributed by atoms with E-state index in [1.54, 1.807) is 6.20 Å². The van der Waals surface area contributed by atoms with Gasteiger partial charge in [-0.05, 0) is 18.9 Å². The summed E-state index contributed by atoms with van der Waals surface area (Å²) in [5.41, 5.74) is 5.80. The van der Waals surface area contributed by atoms with Crippen LogP contribution in [-0.4, -0.2) is 34.3 Å². The maximum atomic E-state index is 10.3. The van der Waals surface area contributed by atoms with Crippen molar-refractivity contribution in [2.24, 2.45) is 5.73 Å². The van der Waals surface area contributed by atoms with Gasteiger partial charge in [0, 0.05) is 26.3 Å². The van der Waals surface area contributed by atoms with Crippen LogP contribution in [0.25, 0.3) is 0 Å². The molecule has 0 bridgehead atoms. The molecule has 1 heterocycles. The highest BCUT2D eigenvalue weighted by molar-refractivity contribution is 5.29. The average Bonchev–Trinajstić information content (AvgIpc) is 2.76. The molecule has 3 N–H and O–H groups in total. The van der Waals surface area contributed by atoms with Crippen LogP contribution in [0.3, 0.4) is 0 Å². The van der Waals surface area contributed by atoms with Gasteiger partial charge >= 0.3 is 0 Å². The Morgan fingerprint density at radius 2 is 2.18 bits per heavy atom. The summed E-state index contributed by atoms with van der Waals surface area (Å²) < 4.78 is 0. The van der Waals surface area contributed by atoms with Gasteiger partial charge in [0.25, 0.3) is 0 Å². The smallest absolute Gasteiger partial charge is 0.225 e. The van der Waals surface area contributed by atoms with E-state index in [-0.39, 0.29) is 0 Å². The molecule has 17 heavy (non-hydrogen) atoms. The van der Waals surface area contributed by atoms with Gasteiger partial charge in [-0.25, -0.2) is 9.97 Å². The number of aromatic nitrogens is 2. The number of nitrogens with zero attached hydrogens (tertiary/aromatic N) is 3. The molecule has 1 aromatic heterocycles. The van der Waals surface area contributed by atoms with Gasteiger partial charge in [0.2, 0.25) is 5.95 Å². The average molecular weight is 236 g/mol. The highest BCUT2D eigenvalue weighted by atomic mass is 16.3. The van der Waals surface area contributed by atoms with Crippen molar-refractivity contribution in [3.05, 3.63) is 18.0 Å². The monoisotopic (exact) mass is 236 g/mol. The van der Waals surface area contributed by atoms with Crippen LogP contribution in [0.15, 0.2) is 12.3 Å². The minimum absolute atomic E-state index is 0.410. The van der Waals surface area contributed by atoms with Gasteiger partial charge in [-0.3, -0.25) is 0 Å². The second-order valence-corrected chi connectivity index (χ2v) is 4.84. The lowest BCUT2D eigenvalue weighted by molar-refractivity contribution is 0.0556. The molecule has 5 nitrogen and oxygen atoms in total. The van der Waals surface area contributed by atoms with Crippen molar-refractivity contribution in [3.8, 4) is 0 Å². The number of aliphatic hydroxyl groups is 1. The SMILES string of the molecule is CN(CC1(O)CCCC1)c1nccc(CN)n1. The third-order valence-electron chi connectivity index (χ3n) is 3.32. The molecular formula is C12H20N4O. The van der Waals surface area contributed by atoms with Crippen molar-refractivity contribution in [3.63, 3.8) is 0 Å². The molecule has 1 aliphatic rings. The standard InChI is InChI=1S/C12H20N4O/c1-16(9-12(17)5-2-3-6-12)11-14-7-4-10(8-13)15-11/h4,7,17H,2-3,5-6,8-9,13H2,1H3. The Hall–Kier alpha value is -1.20. The van der Waals surface area contributed by atoms with Crippen molar-refractivity contribution in [1.29, 1.82) is 0 Å². The molecule has 5 heteroatoms. The zero-order valence-corrected chi connectivity index (χ0v) is 10.3. The lowest BCUT2D eigenvalue weighted by Gasteiger charge is -2.28. The first-order valence-corrected chi connectivity index (χ1v) is 6.08.